The monoisotopic (exact) mass is 276 g/mol. The molecular formula is C15H15ClNO2. The van der Waals surface area contributed by atoms with Gasteiger partial charge in [0.2, 0.25) is 0 Å². The van der Waals surface area contributed by atoms with E-state index in [2.05, 4.69) is 5.32 Å². The quantitative estimate of drug-likeness (QED) is 0.840. The fraction of sp³-hybridized carbons (Fsp3) is 0.200. The smallest absolute Gasteiger partial charge is 0.407 e. The van der Waals surface area contributed by atoms with Crippen LogP contribution < -0.4 is 5.32 Å². The van der Waals surface area contributed by atoms with Crippen LogP contribution in [0, 0.1) is 31.6 Å². The van der Waals surface area contributed by atoms with Gasteiger partial charge in [-0.15, -0.1) is 11.6 Å². The first-order valence-electron chi connectivity index (χ1n) is 6.04. The highest BCUT2D eigenvalue weighted by atomic mass is 35.5. The molecule has 19 heavy (non-hydrogen) atoms. The topological polar surface area (TPSA) is 38.3 Å². The lowest BCUT2D eigenvalue weighted by Crippen LogP contribution is -2.40. The Bertz CT molecular complexity index is 390. The van der Waals surface area contributed by atoms with Crippen LogP contribution >= 0.6 is 11.6 Å². The third-order valence-electron chi connectivity index (χ3n) is 2.75. The number of alkyl carbamates (subject to hydrolysis) is 1. The Morgan fingerprint density at radius 2 is 1.89 bits per heavy atom. The fourth-order valence-corrected chi connectivity index (χ4v) is 1.99. The molecule has 5 radical (unpaired) electrons. The van der Waals surface area contributed by atoms with Crippen molar-refractivity contribution in [1.29, 1.82) is 0 Å². The third kappa shape index (κ3) is 4.43. The van der Waals surface area contributed by atoms with E-state index in [0.717, 1.165) is 11.5 Å². The normalized spacial score (nSPS) is 17.1. The highest BCUT2D eigenvalue weighted by Gasteiger charge is 2.27. The van der Waals surface area contributed by atoms with Gasteiger partial charge in [0.1, 0.15) is 6.61 Å². The maximum absolute atomic E-state index is 11.7. The van der Waals surface area contributed by atoms with Crippen LogP contribution in [0.4, 0.5) is 4.79 Å². The molecule has 1 fully saturated rings. The maximum Gasteiger partial charge on any atom is 0.407 e. The number of carbonyl (C=O) groups excluding carboxylic acids is 1. The fourth-order valence-electron chi connectivity index (χ4n) is 1.74. The minimum atomic E-state index is -0.462. The summed E-state index contributed by atoms with van der Waals surface area (Å²) in [5.41, 5.74) is 0.952. The average molecular weight is 277 g/mol. The number of nitrogens with one attached hydrogen (secondary N) is 1. The lowest BCUT2D eigenvalue weighted by atomic mass is 10.00. The molecule has 0 aromatic heterocycles. The summed E-state index contributed by atoms with van der Waals surface area (Å²) >= 11 is 5.85. The average Bonchev–Trinajstić information content (AvgIpc) is 2.97. The summed E-state index contributed by atoms with van der Waals surface area (Å²) in [5, 5.41) is 2.75. The number of benzene rings is 1. The molecule has 0 saturated heterocycles. The van der Waals surface area contributed by atoms with Crippen LogP contribution in [0.3, 0.4) is 0 Å². The third-order valence-corrected chi connectivity index (χ3v) is 3.06. The van der Waals surface area contributed by atoms with Crippen LogP contribution in [0.5, 0.6) is 0 Å². The maximum atomic E-state index is 11.7. The molecule has 1 aliphatic carbocycles. The van der Waals surface area contributed by atoms with Gasteiger partial charge in [-0.25, -0.2) is 4.79 Å². The van der Waals surface area contributed by atoms with Gasteiger partial charge in [-0.2, -0.15) is 0 Å². The molecule has 1 saturated carbocycles. The van der Waals surface area contributed by atoms with Crippen LogP contribution in [0.1, 0.15) is 5.56 Å². The van der Waals surface area contributed by atoms with E-state index >= 15 is 0 Å². The van der Waals surface area contributed by atoms with Crippen molar-refractivity contribution in [3.05, 3.63) is 67.5 Å². The minimum absolute atomic E-state index is 0.222. The predicted molar refractivity (Wildman–Crippen MR) is 74.7 cm³/mol. The van der Waals surface area contributed by atoms with Gasteiger partial charge in [0, 0.05) is 11.8 Å². The summed E-state index contributed by atoms with van der Waals surface area (Å²) in [7, 11) is 0. The van der Waals surface area contributed by atoms with Crippen molar-refractivity contribution in [3.8, 4) is 0 Å². The van der Waals surface area contributed by atoms with E-state index in [9.17, 15) is 4.79 Å². The summed E-state index contributed by atoms with van der Waals surface area (Å²) in [4.78, 5) is 11.7. The zero-order chi connectivity index (χ0) is 13.5. The molecule has 2 rings (SSSR count). The second-order valence-corrected chi connectivity index (χ2v) is 4.44. The SMILES string of the molecule is O=C(N[C@H](CCl)[C]1[CH][CH][CH][CH]1)OCc1ccccc1. The Labute approximate surface area is 119 Å². The molecule has 1 N–H and O–H groups in total. The molecule has 0 aliphatic heterocycles. The van der Waals surface area contributed by atoms with Gasteiger partial charge < -0.3 is 10.1 Å². The first-order valence-corrected chi connectivity index (χ1v) is 6.58. The van der Waals surface area contributed by atoms with Gasteiger partial charge in [0.05, 0.1) is 6.04 Å². The van der Waals surface area contributed by atoms with Crippen LogP contribution in [0.25, 0.3) is 0 Å². The number of carbonyl (C=O) groups is 1. The zero-order valence-electron chi connectivity index (χ0n) is 10.4. The van der Waals surface area contributed by atoms with Gasteiger partial charge in [0.25, 0.3) is 0 Å². The van der Waals surface area contributed by atoms with Gasteiger partial charge in [-0.3, -0.25) is 0 Å². The zero-order valence-corrected chi connectivity index (χ0v) is 11.1. The highest BCUT2D eigenvalue weighted by molar-refractivity contribution is 6.18. The summed E-state index contributed by atoms with van der Waals surface area (Å²) in [6.07, 6.45) is 7.20. The van der Waals surface area contributed by atoms with Crippen LogP contribution in [0.15, 0.2) is 30.3 Å². The van der Waals surface area contributed by atoms with Gasteiger partial charge in [-0.1, -0.05) is 30.3 Å². The molecule has 1 atom stereocenters. The van der Waals surface area contributed by atoms with E-state index in [1.807, 2.05) is 56.0 Å². The molecule has 1 aromatic rings. The van der Waals surface area contributed by atoms with E-state index < -0.39 is 6.09 Å². The summed E-state index contributed by atoms with van der Waals surface area (Å²) in [6.45, 7) is 0.253. The van der Waals surface area contributed by atoms with Crippen LogP contribution in [0.2, 0.25) is 0 Å². The van der Waals surface area contributed by atoms with Crippen molar-refractivity contribution in [2.75, 3.05) is 5.88 Å². The Balaban J connectivity index is 1.76. The first kappa shape index (κ1) is 14.2. The molecule has 99 valence electrons. The Kier molecular flexibility index (Phi) is 5.52. The molecule has 0 bridgehead atoms. The minimum Gasteiger partial charge on any atom is -0.445 e. The van der Waals surface area contributed by atoms with Crippen LogP contribution in [-0.4, -0.2) is 18.0 Å². The molecule has 4 heteroatoms. The number of amides is 1. The standard InChI is InChI=1S/C15H15ClNO2/c16-10-14(13-8-4-5-9-13)17-15(18)19-11-12-6-2-1-3-7-12/h1-9,14H,10-11H2,(H,17,18)/t14-/m1/s1. The summed E-state index contributed by atoms with van der Waals surface area (Å²) in [6, 6.07) is 9.32. The highest BCUT2D eigenvalue weighted by Crippen LogP contribution is 2.26. The number of ether oxygens (including phenoxy) is 1. The molecule has 1 aliphatic rings. The molecule has 0 unspecified atom stereocenters. The van der Waals surface area contributed by atoms with Crippen molar-refractivity contribution < 1.29 is 9.53 Å². The molecule has 3 nitrogen and oxygen atoms in total. The van der Waals surface area contributed by atoms with Crippen molar-refractivity contribution >= 4 is 17.7 Å². The van der Waals surface area contributed by atoms with Crippen molar-refractivity contribution in [1.82, 2.24) is 5.32 Å². The van der Waals surface area contributed by atoms with Crippen molar-refractivity contribution in [2.45, 2.75) is 12.6 Å². The lowest BCUT2D eigenvalue weighted by Gasteiger charge is -2.21. The number of rotatable bonds is 5. The van der Waals surface area contributed by atoms with E-state index in [1.54, 1.807) is 0 Å². The second kappa shape index (κ2) is 7.39. The van der Waals surface area contributed by atoms with Crippen molar-refractivity contribution in [2.24, 2.45) is 0 Å². The molecule has 0 heterocycles. The Morgan fingerprint density at radius 1 is 1.21 bits per heavy atom. The summed E-state index contributed by atoms with van der Waals surface area (Å²) in [5.74, 6) is 1.29. The van der Waals surface area contributed by atoms with E-state index in [4.69, 9.17) is 16.3 Å². The molecular weight excluding hydrogens is 262 g/mol. The van der Waals surface area contributed by atoms with E-state index in [-0.39, 0.29) is 12.6 Å². The number of hydrogen-bond acceptors (Lipinski definition) is 2. The Hall–Kier alpha value is -1.22. The second-order valence-electron chi connectivity index (χ2n) is 4.13. The van der Waals surface area contributed by atoms with Gasteiger partial charge >= 0.3 is 6.09 Å². The van der Waals surface area contributed by atoms with Gasteiger partial charge in [0.15, 0.2) is 0 Å². The molecule has 0 spiro atoms. The molecule has 1 amide bonds. The van der Waals surface area contributed by atoms with Gasteiger partial charge in [-0.05, 0) is 31.2 Å². The lowest BCUT2D eigenvalue weighted by molar-refractivity contribution is 0.137. The number of halogens is 1. The van der Waals surface area contributed by atoms with E-state index in [1.165, 1.54) is 0 Å². The number of hydrogen-bond donors (Lipinski definition) is 1. The largest absolute Gasteiger partial charge is 0.445 e. The van der Waals surface area contributed by atoms with E-state index in [0.29, 0.717) is 5.88 Å². The van der Waals surface area contributed by atoms with Crippen molar-refractivity contribution in [3.63, 3.8) is 0 Å². The Morgan fingerprint density at radius 3 is 2.53 bits per heavy atom. The predicted octanol–water partition coefficient (Wildman–Crippen LogP) is 2.93. The molecule has 1 aromatic carbocycles. The summed E-state index contributed by atoms with van der Waals surface area (Å²) < 4.78 is 5.15. The van der Waals surface area contributed by atoms with Crippen LogP contribution in [-0.2, 0) is 11.3 Å². The first-order chi connectivity index (χ1) is 9.29. The number of alkyl halides is 1.